The molecule has 0 aliphatic heterocycles. The van der Waals surface area contributed by atoms with E-state index in [1.165, 1.54) is 0 Å². The Morgan fingerprint density at radius 1 is 0.875 bits per heavy atom. The summed E-state index contributed by atoms with van der Waals surface area (Å²) in [7, 11) is 0. The highest BCUT2D eigenvalue weighted by atomic mass is 16.2. The van der Waals surface area contributed by atoms with Crippen molar-refractivity contribution in [2.24, 2.45) is 0 Å². The maximum absolute atomic E-state index is 13.1. The Morgan fingerprint density at radius 3 is 2.47 bits per heavy atom. The number of hydrogen-bond acceptors (Lipinski definition) is 5. The first kappa shape index (κ1) is 21.0. The number of pyridine rings is 2. The number of nitrogens with zero attached hydrogens (tertiary/aromatic N) is 2. The number of amides is 2. The van der Waals surface area contributed by atoms with E-state index in [1.54, 1.807) is 42.6 Å². The quantitative estimate of drug-likeness (QED) is 0.441. The summed E-state index contributed by atoms with van der Waals surface area (Å²) in [6.07, 6.45) is 1.58. The van der Waals surface area contributed by atoms with E-state index >= 15 is 0 Å². The monoisotopic (exact) mass is 425 g/mol. The Labute approximate surface area is 185 Å². The number of aryl methyl sites for hydroxylation is 3. The topological polar surface area (TPSA) is 110 Å². The number of anilines is 3. The third-order valence-corrected chi connectivity index (χ3v) is 5.17. The normalized spacial score (nSPS) is 10.7. The molecular weight excluding hydrogens is 402 g/mol. The minimum Gasteiger partial charge on any atom is -0.383 e. The molecule has 2 heterocycles. The van der Waals surface area contributed by atoms with Gasteiger partial charge in [-0.05, 0) is 73.7 Å². The zero-order valence-corrected chi connectivity index (χ0v) is 18.1. The second kappa shape index (κ2) is 8.47. The number of carbonyl (C=O) groups is 2. The first-order valence-corrected chi connectivity index (χ1v) is 10.1. The molecule has 0 aliphatic carbocycles. The lowest BCUT2D eigenvalue weighted by atomic mass is 10.0. The van der Waals surface area contributed by atoms with Gasteiger partial charge in [0.15, 0.2) is 0 Å². The maximum Gasteiger partial charge on any atom is 0.256 e. The van der Waals surface area contributed by atoms with Crippen LogP contribution in [-0.4, -0.2) is 21.8 Å². The predicted molar refractivity (Wildman–Crippen MR) is 127 cm³/mol. The van der Waals surface area contributed by atoms with Gasteiger partial charge in [-0.2, -0.15) is 0 Å². The minimum atomic E-state index is -0.304. The van der Waals surface area contributed by atoms with Gasteiger partial charge in [-0.25, -0.2) is 9.97 Å². The lowest BCUT2D eigenvalue weighted by Crippen LogP contribution is -2.16. The highest BCUT2D eigenvalue weighted by molar-refractivity contribution is 6.14. The first-order valence-electron chi connectivity index (χ1n) is 10.1. The van der Waals surface area contributed by atoms with Gasteiger partial charge in [-0.3, -0.25) is 9.59 Å². The molecule has 2 amide bonds. The summed E-state index contributed by atoms with van der Waals surface area (Å²) >= 11 is 0. The zero-order valence-electron chi connectivity index (χ0n) is 18.1. The summed E-state index contributed by atoms with van der Waals surface area (Å²) in [5.74, 6) is 0.257. The van der Waals surface area contributed by atoms with Gasteiger partial charge in [-0.15, -0.1) is 0 Å². The standard InChI is InChI=1S/C25H23N5O2/c1-14-11-16(3)28-22(12-14)30-24(31)17-8-7-15(2)21(13-17)29-25(32)20-6-4-5-19-18(20)9-10-27-23(19)26/h4-13H,1-3H3,(H2,26,27)(H,29,32)(H,28,30,31). The van der Waals surface area contributed by atoms with E-state index in [9.17, 15) is 9.59 Å². The molecule has 4 N–H and O–H groups in total. The average molecular weight is 425 g/mol. The van der Waals surface area contributed by atoms with Gasteiger partial charge in [0.05, 0.1) is 0 Å². The van der Waals surface area contributed by atoms with Crippen LogP contribution in [0.4, 0.5) is 17.3 Å². The van der Waals surface area contributed by atoms with Crippen molar-refractivity contribution in [1.29, 1.82) is 0 Å². The number of rotatable bonds is 4. The molecule has 4 aromatic rings. The van der Waals surface area contributed by atoms with E-state index in [1.807, 2.05) is 39.0 Å². The molecule has 0 unspecified atom stereocenters. The molecule has 4 rings (SSSR count). The van der Waals surface area contributed by atoms with Crippen molar-refractivity contribution < 1.29 is 9.59 Å². The number of hydrogen-bond donors (Lipinski definition) is 3. The zero-order chi connectivity index (χ0) is 22.8. The molecule has 0 aliphatic rings. The summed E-state index contributed by atoms with van der Waals surface area (Å²) < 4.78 is 0. The summed E-state index contributed by atoms with van der Waals surface area (Å²) in [6.45, 7) is 5.69. The third-order valence-electron chi connectivity index (χ3n) is 5.17. The number of nitrogen functional groups attached to an aromatic ring is 1. The molecule has 0 radical (unpaired) electrons. The average Bonchev–Trinajstić information content (AvgIpc) is 2.74. The highest BCUT2D eigenvalue weighted by Gasteiger charge is 2.15. The van der Waals surface area contributed by atoms with Crippen LogP contribution in [0.1, 0.15) is 37.5 Å². The largest absolute Gasteiger partial charge is 0.383 e. The fourth-order valence-electron chi connectivity index (χ4n) is 3.61. The summed E-state index contributed by atoms with van der Waals surface area (Å²) in [6, 6.07) is 16.0. The van der Waals surface area contributed by atoms with Gasteiger partial charge < -0.3 is 16.4 Å². The van der Waals surface area contributed by atoms with Crippen LogP contribution in [0.2, 0.25) is 0 Å². The number of benzene rings is 2. The molecule has 0 bridgehead atoms. The highest BCUT2D eigenvalue weighted by Crippen LogP contribution is 2.24. The van der Waals surface area contributed by atoms with Crippen LogP contribution in [0, 0.1) is 20.8 Å². The molecule has 160 valence electrons. The molecule has 0 saturated carbocycles. The van der Waals surface area contributed by atoms with Crippen LogP contribution >= 0.6 is 0 Å². The number of carbonyl (C=O) groups excluding carboxylic acids is 2. The van der Waals surface area contributed by atoms with Crippen molar-refractivity contribution >= 4 is 39.9 Å². The van der Waals surface area contributed by atoms with E-state index in [0.29, 0.717) is 39.2 Å². The third kappa shape index (κ3) is 4.27. The summed E-state index contributed by atoms with van der Waals surface area (Å²) in [5, 5.41) is 7.16. The second-order valence-electron chi connectivity index (χ2n) is 7.71. The molecule has 2 aromatic carbocycles. The Kier molecular flexibility index (Phi) is 5.55. The fraction of sp³-hybridized carbons (Fsp3) is 0.120. The van der Waals surface area contributed by atoms with Crippen molar-refractivity contribution in [3.8, 4) is 0 Å². The minimum absolute atomic E-state index is 0.294. The Bertz CT molecular complexity index is 1340. The molecule has 7 heteroatoms. The SMILES string of the molecule is Cc1cc(C)nc(NC(=O)c2ccc(C)c(NC(=O)c3cccc4c(N)nccc34)c2)c1. The van der Waals surface area contributed by atoms with E-state index in [0.717, 1.165) is 16.8 Å². The van der Waals surface area contributed by atoms with Gasteiger partial charge in [-0.1, -0.05) is 18.2 Å². The van der Waals surface area contributed by atoms with Crippen molar-refractivity contribution in [3.63, 3.8) is 0 Å². The molecule has 0 fully saturated rings. The van der Waals surface area contributed by atoms with E-state index in [-0.39, 0.29) is 11.8 Å². The van der Waals surface area contributed by atoms with Crippen LogP contribution in [0.3, 0.4) is 0 Å². The molecular formula is C25H23N5O2. The second-order valence-corrected chi connectivity index (χ2v) is 7.71. The smallest absolute Gasteiger partial charge is 0.256 e. The first-order chi connectivity index (χ1) is 15.3. The van der Waals surface area contributed by atoms with Gasteiger partial charge in [0.1, 0.15) is 11.6 Å². The number of aromatic nitrogens is 2. The molecule has 7 nitrogen and oxygen atoms in total. The molecule has 2 aromatic heterocycles. The van der Waals surface area contributed by atoms with Gasteiger partial charge >= 0.3 is 0 Å². The van der Waals surface area contributed by atoms with Crippen LogP contribution in [0.25, 0.3) is 10.8 Å². The van der Waals surface area contributed by atoms with Crippen molar-refractivity contribution in [2.45, 2.75) is 20.8 Å². The molecule has 0 atom stereocenters. The Balaban J connectivity index is 1.60. The summed E-state index contributed by atoms with van der Waals surface area (Å²) in [4.78, 5) is 34.3. The maximum atomic E-state index is 13.1. The van der Waals surface area contributed by atoms with E-state index in [2.05, 4.69) is 20.6 Å². The van der Waals surface area contributed by atoms with Gasteiger partial charge in [0.2, 0.25) is 0 Å². The van der Waals surface area contributed by atoms with Crippen LogP contribution < -0.4 is 16.4 Å². The van der Waals surface area contributed by atoms with Crippen LogP contribution in [0.5, 0.6) is 0 Å². The van der Waals surface area contributed by atoms with E-state index < -0.39 is 0 Å². The number of nitrogens with one attached hydrogen (secondary N) is 2. The van der Waals surface area contributed by atoms with Crippen molar-refractivity contribution in [1.82, 2.24) is 9.97 Å². The Hall–Kier alpha value is -4.26. The Morgan fingerprint density at radius 2 is 1.69 bits per heavy atom. The molecule has 32 heavy (non-hydrogen) atoms. The lowest BCUT2D eigenvalue weighted by Gasteiger charge is -2.13. The van der Waals surface area contributed by atoms with Crippen molar-refractivity contribution in [2.75, 3.05) is 16.4 Å². The van der Waals surface area contributed by atoms with E-state index in [4.69, 9.17) is 5.73 Å². The van der Waals surface area contributed by atoms with Crippen molar-refractivity contribution in [3.05, 3.63) is 88.7 Å². The number of nitrogens with two attached hydrogens (primary N) is 1. The van der Waals surface area contributed by atoms with Crippen LogP contribution in [-0.2, 0) is 0 Å². The van der Waals surface area contributed by atoms with Crippen LogP contribution in [0.15, 0.2) is 60.8 Å². The molecule has 0 spiro atoms. The number of fused-ring (bicyclic) bond motifs is 1. The molecule has 0 saturated heterocycles. The van der Waals surface area contributed by atoms with Gasteiger partial charge in [0, 0.05) is 34.1 Å². The lowest BCUT2D eigenvalue weighted by molar-refractivity contribution is 0.101. The summed E-state index contributed by atoms with van der Waals surface area (Å²) in [5.41, 5.74) is 10.1. The predicted octanol–water partition coefficient (Wildman–Crippen LogP) is 4.64. The fourth-order valence-corrected chi connectivity index (χ4v) is 3.61. The van der Waals surface area contributed by atoms with Gasteiger partial charge in [0.25, 0.3) is 11.8 Å².